The molecule has 0 fully saturated rings. The van der Waals surface area contributed by atoms with Crippen molar-refractivity contribution in [3.05, 3.63) is 47.6 Å². The number of hydrogen-bond acceptors (Lipinski definition) is 4. The Bertz CT molecular complexity index is 555. The van der Waals surface area contributed by atoms with Crippen molar-refractivity contribution in [3.63, 3.8) is 0 Å². The average molecular weight is 302 g/mol. The van der Waals surface area contributed by atoms with Crippen LogP contribution in [0.2, 0.25) is 0 Å². The van der Waals surface area contributed by atoms with E-state index in [0.29, 0.717) is 12.8 Å². The Hall–Kier alpha value is -2.10. The first-order chi connectivity index (χ1) is 10.3. The third kappa shape index (κ3) is 3.38. The van der Waals surface area contributed by atoms with Gasteiger partial charge in [0.2, 0.25) is 0 Å². The third-order valence-corrected chi connectivity index (χ3v) is 4.25. The zero-order valence-electron chi connectivity index (χ0n) is 13.5. The molecule has 2 rings (SSSR count). The summed E-state index contributed by atoms with van der Waals surface area (Å²) in [4.78, 5) is 33.9. The Morgan fingerprint density at radius 3 is 1.50 bits per heavy atom. The van der Waals surface area contributed by atoms with Crippen LogP contribution in [-0.2, 0) is 19.4 Å². The predicted octanol–water partition coefficient (Wildman–Crippen LogP) is 3.81. The zero-order valence-corrected chi connectivity index (χ0v) is 13.5. The smallest absolute Gasteiger partial charge is 0.246 e. The van der Waals surface area contributed by atoms with Crippen molar-refractivity contribution in [1.82, 2.24) is 0 Å². The highest BCUT2D eigenvalue weighted by Gasteiger charge is 2.38. The van der Waals surface area contributed by atoms with Crippen LogP contribution in [0.25, 0.3) is 0 Å². The maximum absolute atomic E-state index is 12.2. The number of carbonyl (C=O) groups excluding carboxylic acids is 2. The van der Waals surface area contributed by atoms with Gasteiger partial charge in [-0.3, -0.25) is 0 Å². The van der Waals surface area contributed by atoms with E-state index < -0.39 is 22.8 Å². The highest BCUT2D eigenvalue weighted by molar-refractivity contribution is 5.82. The summed E-state index contributed by atoms with van der Waals surface area (Å²) in [6.07, 6.45) is 12.3. The molecule has 2 aliphatic carbocycles. The van der Waals surface area contributed by atoms with Crippen LogP contribution in [0.3, 0.4) is 0 Å². The van der Waals surface area contributed by atoms with Gasteiger partial charge in [-0.25, -0.2) is 19.4 Å². The van der Waals surface area contributed by atoms with Gasteiger partial charge < -0.3 is 0 Å². The Labute approximate surface area is 131 Å². The summed E-state index contributed by atoms with van der Waals surface area (Å²) in [6, 6.07) is 0. The molecule has 22 heavy (non-hydrogen) atoms. The van der Waals surface area contributed by atoms with Crippen molar-refractivity contribution in [2.24, 2.45) is 10.8 Å². The fraction of sp³-hybridized carbons (Fsp3) is 0.444. The summed E-state index contributed by atoms with van der Waals surface area (Å²) < 4.78 is 0. The minimum atomic E-state index is -0.792. The molecule has 0 bridgehead atoms. The minimum absolute atomic E-state index is 0.533. The summed E-state index contributed by atoms with van der Waals surface area (Å²) in [6.45, 7) is 7.45. The van der Waals surface area contributed by atoms with E-state index in [4.69, 9.17) is 9.78 Å². The molecule has 0 N–H and O–H groups in total. The van der Waals surface area contributed by atoms with Crippen LogP contribution in [-0.4, -0.2) is 11.9 Å². The van der Waals surface area contributed by atoms with Crippen LogP contribution in [0, 0.1) is 10.8 Å². The molecule has 0 saturated carbocycles. The highest BCUT2D eigenvalue weighted by Crippen LogP contribution is 2.33. The van der Waals surface area contributed by atoms with Gasteiger partial charge in [-0.05, 0) is 40.5 Å². The standard InChI is InChI=1S/C18H22O4/c1-13-5-9-17(3,10-6-13)15(19)21-22-16(20)18(4)11-7-14(2)8-12-18/h5-9,11H,10,12H2,1-4H3. The van der Waals surface area contributed by atoms with Gasteiger partial charge in [-0.1, -0.05) is 47.6 Å². The van der Waals surface area contributed by atoms with E-state index in [2.05, 4.69) is 0 Å². The summed E-state index contributed by atoms with van der Waals surface area (Å²) in [5.41, 5.74) is 0.618. The second-order valence-corrected chi connectivity index (χ2v) is 6.55. The number of rotatable bonds is 2. The lowest BCUT2D eigenvalue weighted by atomic mass is 9.82. The van der Waals surface area contributed by atoms with Crippen LogP contribution in [0.5, 0.6) is 0 Å². The predicted molar refractivity (Wildman–Crippen MR) is 83.4 cm³/mol. The topological polar surface area (TPSA) is 52.6 Å². The first-order valence-corrected chi connectivity index (χ1v) is 7.41. The van der Waals surface area contributed by atoms with Crippen molar-refractivity contribution >= 4 is 11.9 Å². The molecule has 0 saturated heterocycles. The molecule has 4 nitrogen and oxygen atoms in total. The molecule has 0 amide bonds. The maximum atomic E-state index is 12.2. The molecule has 0 spiro atoms. The van der Waals surface area contributed by atoms with Gasteiger partial charge in [0.05, 0.1) is 10.8 Å². The summed E-state index contributed by atoms with van der Waals surface area (Å²) >= 11 is 0. The Kier molecular flexibility index (Phi) is 4.40. The number of allylic oxidation sites excluding steroid dienone is 6. The molecular formula is C18H22O4. The van der Waals surface area contributed by atoms with Crippen molar-refractivity contribution < 1.29 is 19.4 Å². The van der Waals surface area contributed by atoms with Gasteiger partial charge in [0, 0.05) is 0 Å². The van der Waals surface area contributed by atoms with E-state index in [-0.39, 0.29) is 0 Å². The molecule has 0 aromatic rings. The summed E-state index contributed by atoms with van der Waals surface area (Å²) in [7, 11) is 0. The summed E-state index contributed by atoms with van der Waals surface area (Å²) in [5.74, 6) is -1.12. The fourth-order valence-corrected chi connectivity index (χ4v) is 2.22. The molecule has 4 heteroatoms. The third-order valence-electron chi connectivity index (χ3n) is 4.25. The van der Waals surface area contributed by atoms with Crippen LogP contribution >= 0.6 is 0 Å². The molecule has 0 aliphatic heterocycles. The lowest BCUT2D eigenvalue weighted by Crippen LogP contribution is -2.33. The molecule has 2 aliphatic rings. The molecule has 118 valence electrons. The molecule has 0 heterocycles. The SMILES string of the molecule is CC1=CCC(C)(C(=O)OOC(=O)C2(C)C=CC(C)=CC2)C=C1. The minimum Gasteiger partial charge on any atom is -0.246 e. The normalized spacial score (nSPS) is 30.4. The molecular weight excluding hydrogens is 280 g/mol. The zero-order chi connectivity index (χ0) is 16.4. The van der Waals surface area contributed by atoms with Gasteiger partial charge in [-0.2, -0.15) is 0 Å². The van der Waals surface area contributed by atoms with E-state index in [1.807, 2.05) is 38.2 Å². The van der Waals surface area contributed by atoms with Crippen molar-refractivity contribution in [2.75, 3.05) is 0 Å². The van der Waals surface area contributed by atoms with Crippen LogP contribution in [0.4, 0.5) is 0 Å². The van der Waals surface area contributed by atoms with Crippen molar-refractivity contribution in [1.29, 1.82) is 0 Å². The molecule has 0 aromatic carbocycles. The first-order valence-electron chi connectivity index (χ1n) is 7.41. The van der Waals surface area contributed by atoms with Crippen LogP contribution < -0.4 is 0 Å². The lowest BCUT2D eigenvalue weighted by Gasteiger charge is -2.26. The largest absolute Gasteiger partial charge is 0.365 e. The van der Waals surface area contributed by atoms with E-state index in [1.54, 1.807) is 26.0 Å². The lowest BCUT2D eigenvalue weighted by molar-refractivity contribution is -0.269. The van der Waals surface area contributed by atoms with E-state index in [9.17, 15) is 9.59 Å². The quantitative estimate of drug-likeness (QED) is 0.575. The Balaban J connectivity index is 1.93. The Morgan fingerprint density at radius 1 is 0.864 bits per heavy atom. The average Bonchev–Trinajstić information content (AvgIpc) is 2.50. The van der Waals surface area contributed by atoms with Crippen molar-refractivity contribution in [3.8, 4) is 0 Å². The second-order valence-electron chi connectivity index (χ2n) is 6.55. The number of hydrogen-bond donors (Lipinski definition) is 0. The van der Waals surface area contributed by atoms with E-state index >= 15 is 0 Å². The fourth-order valence-electron chi connectivity index (χ4n) is 2.22. The van der Waals surface area contributed by atoms with Gasteiger partial charge >= 0.3 is 11.9 Å². The van der Waals surface area contributed by atoms with Crippen molar-refractivity contribution in [2.45, 2.75) is 40.5 Å². The van der Waals surface area contributed by atoms with Crippen LogP contribution in [0.1, 0.15) is 40.5 Å². The van der Waals surface area contributed by atoms with Gasteiger partial charge in [0.1, 0.15) is 0 Å². The van der Waals surface area contributed by atoms with Gasteiger partial charge in [-0.15, -0.1) is 0 Å². The molecule has 2 unspecified atom stereocenters. The molecule has 0 aromatic heterocycles. The monoisotopic (exact) mass is 302 g/mol. The van der Waals surface area contributed by atoms with Gasteiger partial charge in [0.15, 0.2) is 0 Å². The number of carbonyl (C=O) groups is 2. The molecule has 0 radical (unpaired) electrons. The Morgan fingerprint density at radius 2 is 1.23 bits per heavy atom. The highest BCUT2D eigenvalue weighted by atomic mass is 17.2. The van der Waals surface area contributed by atoms with E-state index in [1.165, 1.54) is 0 Å². The first kappa shape index (κ1) is 16.3. The van der Waals surface area contributed by atoms with Crippen LogP contribution in [0.15, 0.2) is 47.6 Å². The van der Waals surface area contributed by atoms with E-state index in [0.717, 1.165) is 11.1 Å². The summed E-state index contributed by atoms with van der Waals surface area (Å²) in [5, 5.41) is 0. The maximum Gasteiger partial charge on any atom is 0.365 e. The van der Waals surface area contributed by atoms with Gasteiger partial charge in [0.25, 0.3) is 0 Å². The molecule has 2 atom stereocenters. The second kappa shape index (κ2) is 5.95.